The van der Waals surface area contributed by atoms with Crippen molar-refractivity contribution < 1.29 is 18.0 Å². The van der Waals surface area contributed by atoms with Crippen molar-refractivity contribution in [1.82, 2.24) is 4.90 Å². The van der Waals surface area contributed by atoms with E-state index in [1.165, 1.54) is 10.3 Å². The van der Waals surface area contributed by atoms with Crippen LogP contribution in [-0.2, 0) is 19.4 Å². The number of amides is 2. The maximum atomic E-state index is 12.4. The first kappa shape index (κ1) is 16.7. The number of anilines is 1. The first-order valence-corrected chi connectivity index (χ1v) is 9.61. The Morgan fingerprint density at radius 2 is 1.92 bits per heavy atom. The summed E-state index contributed by atoms with van der Waals surface area (Å²) >= 11 is 0. The number of nitrogens with zero attached hydrogens (tertiary/aromatic N) is 2. The van der Waals surface area contributed by atoms with E-state index in [0.717, 1.165) is 11.3 Å². The highest BCUT2D eigenvalue weighted by molar-refractivity contribution is 7.94. The quantitative estimate of drug-likeness (QED) is 0.820. The molecule has 0 spiro atoms. The topological polar surface area (TPSA) is 74.8 Å². The Bertz CT molecular complexity index is 783. The van der Waals surface area contributed by atoms with Crippen molar-refractivity contribution in [1.29, 1.82) is 0 Å². The minimum atomic E-state index is -3.16. The van der Waals surface area contributed by atoms with E-state index in [1.54, 1.807) is 11.0 Å². The third-order valence-electron chi connectivity index (χ3n) is 4.36. The normalized spacial score (nSPS) is 22.9. The molecule has 1 saturated heterocycles. The highest BCUT2D eigenvalue weighted by Gasteiger charge is 2.30. The summed E-state index contributed by atoms with van der Waals surface area (Å²) in [6.45, 7) is 2.93. The number of carbonyl (C=O) groups is 2. The molecular weight excluding hydrogens is 328 g/mol. The smallest absolute Gasteiger partial charge is 0.246 e. The lowest BCUT2D eigenvalue weighted by molar-refractivity contribution is -0.137. The van der Waals surface area contributed by atoms with Crippen molar-refractivity contribution in [2.45, 2.75) is 13.3 Å². The number of benzene rings is 1. The van der Waals surface area contributed by atoms with Crippen LogP contribution in [0.15, 0.2) is 35.7 Å². The number of hydrogen-bond donors (Lipinski definition) is 0. The van der Waals surface area contributed by atoms with Crippen LogP contribution >= 0.6 is 0 Å². The van der Waals surface area contributed by atoms with Crippen LogP contribution in [0.5, 0.6) is 0 Å². The van der Waals surface area contributed by atoms with E-state index in [0.29, 0.717) is 13.1 Å². The Morgan fingerprint density at radius 3 is 2.50 bits per heavy atom. The fraction of sp³-hybridized carbons (Fsp3) is 0.412. The second-order valence-corrected chi connectivity index (χ2v) is 8.25. The number of sulfone groups is 1. The van der Waals surface area contributed by atoms with Crippen LogP contribution in [0, 0.1) is 12.8 Å². The summed E-state index contributed by atoms with van der Waals surface area (Å²) < 4.78 is 22.8. The summed E-state index contributed by atoms with van der Waals surface area (Å²) in [4.78, 5) is 27.9. The van der Waals surface area contributed by atoms with Crippen molar-refractivity contribution in [3.63, 3.8) is 0 Å². The Labute approximate surface area is 141 Å². The summed E-state index contributed by atoms with van der Waals surface area (Å²) in [6.07, 6.45) is 1.70. The molecule has 2 amide bonds. The van der Waals surface area contributed by atoms with Gasteiger partial charge in [-0.3, -0.25) is 9.59 Å². The lowest BCUT2D eigenvalue weighted by atomic mass is 10.1. The van der Waals surface area contributed by atoms with Crippen molar-refractivity contribution in [2.75, 3.05) is 30.3 Å². The van der Waals surface area contributed by atoms with Gasteiger partial charge in [0, 0.05) is 36.5 Å². The molecule has 1 aromatic carbocycles. The van der Waals surface area contributed by atoms with Gasteiger partial charge in [0.15, 0.2) is 9.84 Å². The molecule has 0 aromatic heterocycles. The zero-order valence-electron chi connectivity index (χ0n) is 13.5. The number of piperazine rings is 1. The zero-order chi connectivity index (χ0) is 17.3. The fourth-order valence-corrected chi connectivity index (χ4v) is 4.40. The van der Waals surface area contributed by atoms with E-state index in [1.807, 2.05) is 31.2 Å². The van der Waals surface area contributed by atoms with Crippen LogP contribution in [-0.4, -0.2) is 50.5 Å². The first-order valence-electron chi connectivity index (χ1n) is 7.90. The standard InChI is InChI=1S/C17H20N2O4S/c1-13-2-4-15(5-3-13)19-8-7-18(11-17(19)21)16(20)10-14-6-9-24(22,23)12-14/h2-6,9,14H,7-8,10-12H2,1H3/t14-/m0/s1. The highest BCUT2D eigenvalue weighted by atomic mass is 32.2. The predicted octanol–water partition coefficient (Wildman–Crippen LogP) is 1.12. The van der Waals surface area contributed by atoms with Gasteiger partial charge in [0.2, 0.25) is 11.8 Å². The SMILES string of the molecule is Cc1ccc(N2CCN(C(=O)C[C@@H]3C=CS(=O)(=O)C3)CC2=O)cc1. The minimum absolute atomic E-state index is 0.0178. The molecule has 0 bridgehead atoms. The second-order valence-electron chi connectivity index (χ2n) is 6.32. The molecule has 2 heterocycles. The lowest BCUT2D eigenvalue weighted by Crippen LogP contribution is -2.52. The van der Waals surface area contributed by atoms with Crippen LogP contribution in [0.4, 0.5) is 5.69 Å². The molecule has 1 atom stereocenters. The molecule has 0 unspecified atom stereocenters. The molecule has 0 radical (unpaired) electrons. The number of allylic oxidation sites excluding steroid dienone is 1. The number of aryl methyl sites for hydroxylation is 1. The second kappa shape index (κ2) is 6.39. The molecule has 2 aliphatic heterocycles. The van der Waals surface area contributed by atoms with Gasteiger partial charge in [0.25, 0.3) is 0 Å². The maximum Gasteiger partial charge on any atom is 0.246 e. The molecule has 6 nitrogen and oxygen atoms in total. The van der Waals surface area contributed by atoms with Crippen LogP contribution in [0.1, 0.15) is 12.0 Å². The van der Waals surface area contributed by atoms with Crippen molar-refractivity contribution >= 4 is 27.3 Å². The molecule has 24 heavy (non-hydrogen) atoms. The van der Waals surface area contributed by atoms with Gasteiger partial charge < -0.3 is 9.80 Å². The molecule has 0 aliphatic carbocycles. The predicted molar refractivity (Wildman–Crippen MR) is 91.1 cm³/mol. The lowest BCUT2D eigenvalue weighted by Gasteiger charge is -2.34. The monoisotopic (exact) mass is 348 g/mol. The molecular formula is C17H20N2O4S. The van der Waals surface area contributed by atoms with Gasteiger partial charge in [-0.25, -0.2) is 8.42 Å². The molecule has 1 aromatic rings. The molecule has 7 heteroatoms. The summed E-state index contributed by atoms with van der Waals surface area (Å²) in [7, 11) is -3.16. The van der Waals surface area contributed by atoms with Crippen LogP contribution in [0.3, 0.4) is 0 Å². The number of hydrogen-bond acceptors (Lipinski definition) is 4. The zero-order valence-corrected chi connectivity index (χ0v) is 14.3. The average molecular weight is 348 g/mol. The molecule has 0 N–H and O–H groups in total. The van der Waals surface area contributed by atoms with E-state index in [9.17, 15) is 18.0 Å². The molecule has 1 fully saturated rings. The Balaban J connectivity index is 1.59. The average Bonchev–Trinajstić information content (AvgIpc) is 2.87. The maximum absolute atomic E-state index is 12.4. The minimum Gasteiger partial charge on any atom is -0.332 e. The van der Waals surface area contributed by atoms with E-state index in [4.69, 9.17) is 0 Å². The largest absolute Gasteiger partial charge is 0.332 e. The third kappa shape index (κ3) is 3.67. The number of rotatable bonds is 3. The summed E-state index contributed by atoms with van der Waals surface area (Å²) in [5.74, 6) is -0.588. The first-order chi connectivity index (χ1) is 11.3. The van der Waals surface area contributed by atoms with Crippen molar-refractivity contribution in [3.05, 3.63) is 41.3 Å². The van der Waals surface area contributed by atoms with Crippen LogP contribution in [0.25, 0.3) is 0 Å². The molecule has 0 saturated carbocycles. The Morgan fingerprint density at radius 1 is 1.21 bits per heavy atom. The van der Waals surface area contributed by atoms with E-state index >= 15 is 0 Å². The van der Waals surface area contributed by atoms with Gasteiger partial charge in [0.1, 0.15) is 6.54 Å². The third-order valence-corrected chi connectivity index (χ3v) is 5.82. The van der Waals surface area contributed by atoms with Gasteiger partial charge in [-0.05, 0) is 19.1 Å². The van der Waals surface area contributed by atoms with Gasteiger partial charge in [-0.15, -0.1) is 0 Å². The molecule has 2 aliphatic rings. The van der Waals surface area contributed by atoms with Gasteiger partial charge in [-0.2, -0.15) is 0 Å². The fourth-order valence-electron chi connectivity index (χ4n) is 3.00. The van der Waals surface area contributed by atoms with E-state index < -0.39 is 9.84 Å². The van der Waals surface area contributed by atoms with Crippen LogP contribution < -0.4 is 4.90 Å². The summed E-state index contributed by atoms with van der Waals surface area (Å²) in [5, 5.41) is 1.17. The highest BCUT2D eigenvalue weighted by Crippen LogP contribution is 2.21. The van der Waals surface area contributed by atoms with E-state index in [2.05, 4.69) is 0 Å². The Kier molecular flexibility index (Phi) is 4.45. The Hall–Kier alpha value is -2.15. The number of carbonyl (C=O) groups excluding carboxylic acids is 2. The molecule has 128 valence electrons. The van der Waals surface area contributed by atoms with Crippen molar-refractivity contribution in [3.8, 4) is 0 Å². The van der Waals surface area contributed by atoms with Crippen LogP contribution in [0.2, 0.25) is 0 Å². The summed E-state index contributed by atoms with van der Waals surface area (Å²) in [5.41, 5.74) is 1.96. The van der Waals surface area contributed by atoms with Gasteiger partial charge in [0.05, 0.1) is 5.75 Å². The molecule has 3 rings (SSSR count). The van der Waals surface area contributed by atoms with E-state index in [-0.39, 0.29) is 36.5 Å². The van der Waals surface area contributed by atoms with Gasteiger partial charge in [-0.1, -0.05) is 23.8 Å². The summed E-state index contributed by atoms with van der Waals surface area (Å²) in [6, 6.07) is 7.71. The van der Waals surface area contributed by atoms with Crippen molar-refractivity contribution in [2.24, 2.45) is 5.92 Å². The van der Waals surface area contributed by atoms with Gasteiger partial charge >= 0.3 is 0 Å².